The second kappa shape index (κ2) is 6.12. The van der Waals surface area contributed by atoms with Crippen molar-refractivity contribution in [1.82, 2.24) is 14.4 Å². The minimum atomic E-state index is 0.406. The molecule has 0 fully saturated rings. The summed E-state index contributed by atoms with van der Waals surface area (Å²) in [6.45, 7) is 0. The Labute approximate surface area is 160 Å². The van der Waals surface area contributed by atoms with Gasteiger partial charge in [-0.15, -0.1) is 0 Å². The summed E-state index contributed by atoms with van der Waals surface area (Å²) < 4.78 is 1.86. The molecule has 0 spiro atoms. The summed E-state index contributed by atoms with van der Waals surface area (Å²) in [4.78, 5) is 7.59. The fourth-order valence-electron chi connectivity index (χ4n) is 3.46. The van der Waals surface area contributed by atoms with Crippen LogP contribution in [0.2, 0.25) is 0 Å². The molecule has 0 saturated heterocycles. The van der Waals surface area contributed by atoms with Crippen molar-refractivity contribution in [3.05, 3.63) is 84.3 Å². The average Bonchev–Trinajstić information content (AvgIpc) is 3.36. The van der Waals surface area contributed by atoms with Gasteiger partial charge in [0.25, 0.3) is 0 Å². The van der Waals surface area contributed by atoms with Gasteiger partial charge in [-0.1, -0.05) is 36.4 Å². The van der Waals surface area contributed by atoms with Crippen LogP contribution in [0.25, 0.3) is 38.9 Å². The molecule has 0 amide bonds. The van der Waals surface area contributed by atoms with Crippen LogP contribution in [0.1, 0.15) is 11.3 Å². The molecule has 0 aliphatic rings. The molecule has 0 atom stereocenters. The minimum Gasteiger partial charge on any atom is -0.353 e. The van der Waals surface area contributed by atoms with Crippen molar-refractivity contribution in [1.29, 1.82) is 10.5 Å². The summed E-state index contributed by atoms with van der Waals surface area (Å²) in [5.41, 5.74) is 6.82. The van der Waals surface area contributed by atoms with Crippen LogP contribution in [0.3, 0.4) is 0 Å². The van der Waals surface area contributed by atoms with Gasteiger partial charge in [-0.25, -0.2) is 4.98 Å². The van der Waals surface area contributed by atoms with Crippen molar-refractivity contribution < 1.29 is 0 Å². The van der Waals surface area contributed by atoms with Gasteiger partial charge in [0, 0.05) is 23.5 Å². The Morgan fingerprint density at radius 2 is 1.61 bits per heavy atom. The first kappa shape index (κ1) is 15.9. The van der Waals surface area contributed by atoms with Gasteiger partial charge in [-0.05, 0) is 41.0 Å². The van der Waals surface area contributed by atoms with Crippen molar-refractivity contribution in [2.75, 3.05) is 0 Å². The first-order valence-electron chi connectivity index (χ1n) is 8.77. The van der Waals surface area contributed by atoms with Gasteiger partial charge in [-0.3, -0.25) is 0 Å². The maximum atomic E-state index is 9.28. The van der Waals surface area contributed by atoms with Crippen LogP contribution in [0.4, 0.5) is 0 Å². The van der Waals surface area contributed by atoms with Crippen molar-refractivity contribution in [2.24, 2.45) is 0 Å². The van der Waals surface area contributed by atoms with Crippen LogP contribution in [0, 0.1) is 22.7 Å². The lowest BCUT2D eigenvalue weighted by Gasteiger charge is -2.04. The van der Waals surface area contributed by atoms with E-state index in [1.165, 1.54) is 0 Å². The number of imidazole rings is 1. The highest BCUT2D eigenvalue weighted by atomic mass is 15.0. The first-order chi connectivity index (χ1) is 13.7. The second-order valence-corrected chi connectivity index (χ2v) is 6.56. The van der Waals surface area contributed by atoms with Crippen molar-refractivity contribution >= 4 is 16.6 Å². The zero-order chi connectivity index (χ0) is 19.1. The largest absolute Gasteiger partial charge is 0.353 e. The summed E-state index contributed by atoms with van der Waals surface area (Å²) >= 11 is 0. The molecule has 1 N–H and O–H groups in total. The molecular weight excluding hydrogens is 346 g/mol. The van der Waals surface area contributed by atoms with Crippen molar-refractivity contribution in [3.63, 3.8) is 0 Å². The third-order valence-corrected chi connectivity index (χ3v) is 4.87. The maximum absolute atomic E-state index is 9.28. The molecule has 0 unspecified atom stereocenters. The Morgan fingerprint density at radius 3 is 2.39 bits per heavy atom. The Bertz CT molecular complexity index is 1420. The highest BCUT2D eigenvalue weighted by molar-refractivity contribution is 5.90. The number of aromatic nitrogens is 3. The topological polar surface area (TPSA) is 80.7 Å². The number of nitriles is 2. The number of hydrogen-bond donors (Lipinski definition) is 1. The number of pyridine rings is 1. The number of benzene rings is 2. The van der Waals surface area contributed by atoms with Crippen molar-refractivity contribution in [3.8, 4) is 34.5 Å². The zero-order valence-corrected chi connectivity index (χ0v) is 14.7. The smallest absolute Gasteiger partial charge is 0.159 e. The Hall–Kier alpha value is -4.35. The van der Waals surface area contributed by atoms with Crippen LogP contribution in [0.15, 0.2) is 73.1 Å². The van der Waals surface area contributed by atoms with Gasteiger partial charge in [0.1, 0.15) is 17.8 Å². The van der Waals surface area contributed by atoms with Gasteiger partial charge in [0.05, 0.1) is 11.1 Å². The Balaban J connectivity index is 1.52. The molecule has 2 aromatic carbocycles. The Morgan fingerprint density at radius 1 is 0.821 bits per heavy atom. The Kier molecular flexibility index (Phi) is 3.47. The van der Waals surface area contributed by atoms with E-state index in [-0.39, 0.29) is 0 Å². The summed E-state index contributed by atoms with van der Waals surface area (Å²) in [5.74, 6) is 0. The van der Waals surface area contributed by atoms with Gasteiger partial charge in [0.15, 0.2) is 5.69 Å². The quantitative estimate of drug-likeness (QED) is 0.487. The van der Waals surface area contributed by atoms with Crippen LogP contribution < -0.4 is 0 Å². The monoisotopic (exact) mass is 359 g/mol. The number of nitrogens with zero attached hydrogens (tertiary/aromatic N) is 4. The van der Waals surface area contributed by atoms with Gasteiger partial charge in [-0.2, -0.15) is 10.5 Å². The number of rotatable bonds is 2. The summed E-state index contributed by atoms with van der Waals surface area (Å²) in [6.07, 6.45) is 3.70. The van der Waals surface area contributed by atoms with E-state index in [1.54, 1.807) is 6.20 Å². The number of nitrogens with one attached hydrogen (secondary N) is 1. The molecule has 5 rings (SSSR count). The number of fused-ring (bicyclic) bond motifs is 2. The average molecular weight is 359 g/mol. The fraction of sp³-hybridized carbons (Fsp3) is 0. The summed E-state index contributed by atoms with van der Waals surface area (Å²) in [5, 5.41) is 19.3. The third kappa shape index (κ3) is 2.51. The van der Waals surface area contributed by atoms with Gasteiger partial charge < -0.3 is 9.38 Å². The molecule has 0 bridgehead atoms. The molecule has 130 valence electrons. The highest BCUT2D eigenvalue weighted by Gasteiger charge is 2.08. The summed E-state index contributed by atoms with van der Waals surface area (Å²) in [7, 11) is 0. The highest BCUT2D eigenvalue weighted by Crippen LogP contribution is 2.28. The normalized spacial score (nSPS) is 10.8. The van der Waals surface area contributed by atoms with E-state index in [2.05, 4.69) is 52.4 Å². The lowest BCUT2D eigenvalue weighted by atomic mass is 10.0. The molecule has 5 aromatic rings. The standard InChI is InChI=1S/C23H13N5/c24-11-18-3-1-2-17-10-21(27-23(17)18)16-6-4-15(5-7-16)19-8-9-22-26-20(12-25)14-28(22)13-19/h1-10,13-14,27H. The number of para-hydroxylation sites is 1. The molecule has 3 aromatic heterocycles. The molecule has 0 saturated carbocycles. The van der Waals surface area contributed by atoms with E-state index < -0.39 is 0 Å². The molecule has 5 heteroatoms. The zero-order valence-electron chi connectivity index (χ0n) is 14.7. The molecule has 28 heavy (non-hydrogen) atoms. The molecule has 0 aliphatic carbocycles. The van der Waals surface area contributed by atoms with Crippen LogP contribution in [-0.4, -0.2) is 14.4 Å². The molecule has 0 aliphatic heterocycles. The van der Waals surface area contributed by atoms with E-state index in [1.807, 2.05) is 40.9 Å². The molecular formula is C23H13N5. The lowest BCUT2D eigenvalue weighted by Crippen LogP contribution is -1.86. The van der Waals surface area contributed by atoms with E-state index in [0.29, 0.717) is 11.3 Å². The van der Waals surface area contributed by atoms with E-state index in [4.69, 9.17) is 5.26 Å². The van der Waals surface area contributed by atoms with Crippen molar-refractivity contribution in [2.45, 2.75) is 0 Å². The van der Waals surface area contributed by atoms with E-state index in [9.17, 15) is 5.26 Å². The lowest BCUT2D eigenvalue weighted by molar-refractivity contribution is 1.19. The van der Waals surface area contributed by atoms with E-state index >= 15 is 0 Å². The van der Waals surface area contributed by atoms with Gasteiger partial charge >= 0.3 is 0 Å². The van der Waals surface area contributed by atoms with Crippen LogP contribution in [0.5, 0.6) is 0 Å². The number of hydrogen-bond acceptors (Lipinski definition) is 3. The minimum absolute atomic E-state index is 0.406. The first-order valence-corrected chi connectivity index (χ1v) is 8.77. The predicted molar refractivity (Wildman–Crippen MR) is 107 cm³/mol. The third-order valence-electron chi connectivity index (χ3n) is 4.87. The molecule has 5 nitrogen and oxygen atoms in total. The van der Waals surface area contributed by atoms with Gasteiger partial charge in [0.2, 0.25) is 0 Å². The second-order valence-electron chi connectivity index (χ2n) is 6.56. The van der Waals surface area contributed by atoms with Crippen LogP contribution in [-0.2, 0) is 0 Å². The predicted octanol–water partition coefficient (Wildman–Crippen LogP) is 4.89. The number of H-pyrrole nitrogens is 1. The molecule has 3 heterocycles. The fourth-order valence-corrected chi connectivity index (χ4v) is 3.46. The SMILES string of the molecule is N#Cc1cn2cc(-c3ccc(-c4cc5cccc(C#N)c5[nH]4)cc3)ccc2n1. The number of aromatic amines is 1. The van der Waals surface area contributed by atoms with Crippen LogP contribution >= 0.6 is 0 Å². The maximum Gasteiger partial charge on any atom is 0.159 e. The summed E-state index contributed by atoms with van der Waals surface area (Å²) in [6, 6.07) is 24.2. The van der Waals surface area contributed by atoms with E-state index in [0.717, 1.165) is 38.9 Å². The molecule has 0 radical (unpaired) electrons.